The minimum absolute atomic E-state index is 0.00129. The van der Waals surface area contributed by atoms with Crippen LogP contribution in [0.4, 0.5) is 22.0 Å². The van der Waals surface area contributed by atoms with Gasteiger partial charge in [0.15, 0.2) is 11.6 Å². The van der Waals surface area contributed by atoms with E-state index >= 15 is 0 Å². The third kappa shape index (κ3) is 6.49. The molecule has 2 atom stereocenters. The minimum Gasteiger partial charge on any atom is -0.480 e. The van der Waals surface area contributed by atoms with Crippen LogP contribution in [-0.2, 0) is 4.79 Å². The molecule has 9 heteroatoms. The fraction of sp³-hybridized carbons (Fsp3) is 0.500. The van der Waals surface area contributed by atoms with Gasteiger partial charge in [0, 0.05) is 6.54 Å². The van der Waals surface area contributed by atoms with Crippen molar-refractivity contribution in [1.82, 2.24) is 5.32 Å². The minimum atomic E-state index is -4.44. The Morgan fingerprint density at radius 1 is 1.26 bits per heavy atom. The summed E-state index contributed by atoms with van der Waals surface area (Å²) in [6.07, 6.45) is -4.52. The number of carbonyl (C=O) groups is 1. The molecule has 0 saturated heterocycles. The maximum atomic E-state index is 13.8. The Hall–Kier alpha value is -1.74. The molecular formula is C14H17F5N2O2. The van der Waals surface area contributed by atoms with Crippen molar-refractivity contribution in [1.29, 1.82) is 0 Å². The normalized spacial score (nSPS) is 14.5. The molecule has 0 spiro atoms. The quantitative estimate of drug-likeness (QED) is 0.635. The van der Waals surface area contributed by atoms with Gasteiger partial charge in [-0.05, 0) is 30.4 Å². The third-order valence-electron chi connectivity index (χ3n) is 3.28. The van der Waals surface area contributed by atoms with Crippen molar-refractivity contribution in [2.45, 2.75) is 31.0 Å². The molecule has 0 heterocycles. The molecule has 1 rings (SSSR count). The monoisotopic (exact) mass is 340 g/mol. The van der Waals surface area contributed by atoms with Crippen molar-refractivity contribution in [3.05, 3.63) is 35.4 Å². The largest absolute Gasteiger partial charge is 0.480 e. The lowest BCUT2D eigenvalue weighted by atomic mass is 9.91. The molecule has 1 aromatic carbocycles. The Morgan fingerprint density at radius 3 is 2.48 bits per heavy atom. The Bertz CT molecular complexity index is 536. The lowest BCUT2D eigenvalue weighted by molar-refractivity contribution is -0.138. The van der Waals surface area contributed by atoms with Crippen molar-refractivity contribution < 1.29 is 31.9 Å². The van der Waals surface area contributed by atoms with Gasteiger partial charge in [-0.1, -0.05) is 12.1 Å². The molecule has 0 saturated carbocycles. The number of nitrogens with one attached hydrogen (secondary N) is 1. The molecule has 0 aromatic heterocycles. The van der Waals surface area contributed by atoms with Gasteiger partial charge in [-0.25, -0.2) is 8.78 Å². The van der Waals surface area contributed by atoms with E-state index in [9.17, 15) is 26.7 Å². The van der Waals surface area contributed by atoms with E-state index in [-0.39, 0.29) is 24.9 Å². The number of hydrogen-bond acceptors (Lipinski definition) is 3. The van der Waals surface area contributed by atoms with E-state index in [1.807, 2.05) is 0 Å². The number of carboxylic acid groups (broad SMARTS) is 1. The smallest absolute Gasteiger partial charge is 0.401 e. The van der Waals surface area contributed by atoms with Gasteiger partial charge in [-0.15, -0.1) is 0 Å². The van der Waals surface area contributed by atoms with E-state index in [1.165, 1.54) is 12.1 Å². The summed E-state index contributed by atoms with van der Waals surface area (Å²) in [5, 5.41) is 10.8. The third-order valence-corrected chi connectivity index (χ3v) is 3.28. The van der Waals surface area contributed by atoms with Crippen LogP contribution in [0, 0.1) is 11.6 Å². The molecule has 23 heavy (non-hydrogen) atoms. The first-order valence-electron chi connectivity index (χ1n) is 6.81. The van der Waals surface area contributed by atoms with Gasteiger partial charge in [0.25, 0.3) is 0 Å². The maximum Gasteiger partial charge on any atom is 0.401 e. The second-order valence-electron chi connectivity index (χ2n) is 5.11. The van der Waals surface area contributed by atoms with Crippen LogP contribution in [0.25, 0.3) is 0 Å². The number of benzene rings is 1. The van der Waals surface area contributed by atoms with Crippen LogP contribution >= 0.6 is 0 Å². The second kappa shape index (κ2) is 8.21. The van der Waals surface area contributed by atoms with E-state index in [1.54, 1.807) is 0 Å². The lowest BCUT2D eigenvalue weighted by Gasteiger charge is -2.20. The summed E-state index contributed by atoms with van der Waals surface area (Å²) < 4.78 is 63.6. The van der Waals surface area contributed by atoms with Gasteiger partial charge >= 0.3 is 12.1 Å². The van der Waals surface area contributed by atoms with Crippen molar-refractivity contribution in [3.63, 3.8) is 0 Å². The predicted octanol–water partition coefficient (Wildman–Crippen LogP) is 2.39. The van der Waals surface area contributed by atoms with Crippen molar-refractivity contribution >= 4 is 5.97 Å². The Morgan fingerprint density at radius 2 is 1.91 bits per heavy atom. The molecular weight excluding hydrogens is 323 g/mol. The van der Waals surface area contributed by atoms with E-state index in [0.717, 1.165) is 6.07 Å². The van der Waals surface area contributed by atoms with Crippen molar-refractivity contribution in [3.8, 4) is 0 Å². The highest BCUT2D eigenvalue weighted by Gasteiger charge is 2.28. The van der Waals surface area contributed by atoms with Gasteiger partial charge < -0.3 is 16.2 Å². The zero-order chi connectivity index (χ0) is 17.6. The van der Waals surface area contributed by atoms with Crippen LogP contribution in [0.15, 0.2) is 18.2 Å². The number of hydrogen-bond donors (Lipinski definition) is 3. The van der Waals surface area contributed by atoms with E-state index in [4.69, 9.17) is 10.8 Å². The topological polar surface area (TPSA) is 75.3 Å². The van der Waals surface area contributed by atoms with Gasteiger partial charge in [0.2, 0.25) is 0 Å². The standard InChI is InChI=1S/C14H17F5N2O2/c15-10-3-1-2-9(12(10)16)8(4-5-11(20)13(22)23)6-21-7-14(17,18)19/h1-3,8,11,21H,4-7,20H2,(H,22,23)/t8-,11-/m1/s1. The Kier molecular flexibility index (Phi) is 6.89. The molecule has 0 aliphatic heterocycles. The van der Waals surface area contributed by atoms with Crippen molar-refractivity contribution in [2.75, 3.05) is 13.1 Å². The molecule has 0 amide bonds. The van der Waals surface area contributed by atoms with Crippen LogP contribution in [-0.4, -0.2) is 36.4 Å². The first-order chi connectivity index (χ1) is 10.6. The summed E-state index contributed by atoms with van der Waals surface area (Å²) in [4.78, 5) is 10.7. The number of alkyl halides is 3. The Balaban J connectivity index is 2.83. The number of halogens is 5. The molecule has 0 aliphatic rings. The average Bonchev–Trinajstić information content (AvgIpc) is 2.44. The SMILES string of the molecule is N[C@H](CC[C@H](CNCC(F)(F)F)c1cccc(F)c1F)C(=O)O. The molecule has 0 bridgehead atoms. The number of carboxylic acids is 1. The van der Waals surface area contributed by atoms with Crippen LogP contribution in [0.3, 0.4) is 0 Å². The van der Waals surface area contributed by atoms with Gasteiger partial charge in [-0.2, -0.15) is 13.2 Å². The molecule has 130 valence electrons. The fourth-order valence-corrected chi connectivity index (χ4v) is 2.10. The van der Waals surface area contributed by atoms with E-state index in [0.29, 0.717) is 0 Å². The number of aliphatic carboxylic acids is 1. The van der Waals surface area contributed by atoms with E-state index in [2.05, 4.69) is 5.32 Å². The zero-order valence-corrected chi connectivity index (χ0v) is 12.0. The van der Waals surface area contributed by atoms with Crippen LogP contribution in [0.5, 0.6) is 0 Å². The summed E-state index contributed by atoms with van der Waals surface area (Å²) in [6, 6.07) is 2.16. The molecule has 0 unspecified atom stereocenters. The highest BCUT2D eigenvalue weighted by Crippen LogP contribution is 2.26. The zero-order valence-electron chi connectivity index (χ0n) is 12.0. The maximum absolute atomic E-state index is 13.8. The molecule has 0 aliphatic carbocycles. The highest BCUT2D eigenvalue weighted by atomic mass is 19.4. The fourth-order valence-electron chi connectivity index (χ4n) is 2.10. The van der Waals surface area contributed by atoms with Crippen LogP contribution in [0.1, 0.15) is 24.3 Å². The molecule has 0 radical (unpaired) electrons. The van der Waals surface area contributed by atoms with Crippen LogP contribution < -0.4 is 11.1 Å². The van der Waals surface area contributed by atoms with E-state index < -0.39 is 42.3 Å². The average molecular weight is 340 g/mol. The molecule has 4 nitrogen and oxygen atoms in total. The lowest BCUT2D eigenvalue weighted by Crippen LogP contribution is -2.34. The van der Waals surface area contributed by atoms with Gasteiger partial charge in [-0.3, -0.25) is 4.79 Å². The summed E-state index contributed by atoms with van der Waals surface area (Å²) in [7, 11) is 0. The summed E-state index contributed by atoms with van der Waals surface area (Å²) in [5.74, 6) is -4.38. The molecule has 4 N–H and O–H groups in total. The summed E-state index contributed by atoms with van der Waals surface area (Å²) >= 11 is 0. The van der Waals surface area contributed by atoms with Crippen LogP contribution in [0.2, 0.25) is 0 Å². The molecule has 1 aromatic rings. The second-order valence-corrected chi connectivity index (χ2v) is 5.11. The summed E-state index contributed by atoms with van der Waals surface area (Å²) in [5.41, 5.74) is 5.23. The Labute approximate surface area is 129 Å². The van der Waals surface area contributed by atoms with Gasteiger partial charge in [0.05, 0.1) is 6.54 Å². The van der Waals surface area contributed by atoms with Gasteiger partial charge in [0.1, 0.15) is 6.04 Å². The highest BCUT2D eigenvalue weighted by molar-refractivity contribution is 5.72. The predicted molar refractivity (Wildman–Crippen MR) is 72.9 cm³/mol. The first-order valence-corrected chi connectivity index (χ1v) is 6.81. The summed E-state index contributed by atoms with van der Waals surface area (Å²) in [6.45, 7) is -1.57. The molecule has 0 fully saturated rings. The number of rotatable bonds is 8. The first kappa shape index (κ1) is 19.3. The number of nitrogens with two attached hydrogens (primary N) is 1. The van der Waals surface area contributed by atoms with Crippen molar-refractivity contribution in [2.24, 2.45) is 5.73 Å².